The molecule has 4 saturated carbocycles. The maximum absolute atomic E-state index is 12.1. The highest BCUT2D eigenvalue weighted by Gasteiger charge is 2.47. The van der Waals surface area contributed by atoms with Crippen LogP contribution in [0.1, 0.15) is 61.3 Å². The minimum Gasteiger partial charge on any atom is -0.494 e. The Morgan fingerprint density at radius 2 is 1.57 bits per heavy atom. The minimum atomic E-state index is -0.725. The van der Waals surface area contributed by atoms with Crippen LogP contribution in [0.4, 0.5) is 0 Å². The van der Waals surface area contributed by atoms with Gasteiger partial charge in [-0.3, -0.25) is 4.79 Å². The number of aromatic nitrogens is 1. The van der Waals surface area contributed by atoms with Crippen LogP contribution >= 0.6 is 0 Å². The molecule has 6 heteroatoms. The Kier molecular flexibility index (Phi) is 8.72. The fourth-order valence-corrected chi connectivity index (χ4v) is 8.55. The van der Waals surface area contributed by atoms with Crippen LogP contribution in [0.25, 0.3) is 10.9 Å². The van der Waals surface area contributed by atoms with Gasteiger partial charge in [0.2, 0.25) is 5.56 Å². The predicted molar refractivity (Wildman–Crippen MR) is 174 cm³/mol. The molecule has 4 fully saturated rings. The first kappa shape index (κ1) is 29.1. The molecule has 1 heterocycles. The molecule has 0 aliphatic heterocycles. The summed E-state index contributed by atoms with van der Waals surface area (Å²) in [5.41, 5.74) is 3.44. The largest absolute Gasteiger partial charge is 0.494 e. The van der Waals surface area contributed by atoms with Gasteiger partial charge in [0.25, 0.3) is 0 Å². The highest BCUT2D eigenvalue weighted by molar-refractivity contribution is 5.87. The van der Waals surface area contributed by atoms with Crippen LogP contribution in [0.2, 0.25) is 0 Å². The van der Waals surface area contributed by atoms with Crippen molar-refractivity contribution in [2.75, 3.05) is 19.7 Å². The van der Waals surface area contributed by atoms with Crippen molar-refractivity contribution in [3.05, 3.63) is 106 Å². The standard InChI is InChI=1S/C38H44N2O4/c41-35(33-10-12-36(38-34(33)11-13-37(42)40-38)44-24-26-4-2-1-3-5-26)23-39-16-14-25-6-8-31(9-7-25)43-17-15-32-29-19-27-18-28(21-29)22-30(32)20-27/h1-13,27-30,32,35,39,41H,14-24H2,(H,40,42)/t27?,28?,29?,30?,32?,35-/m0/s1. The lowest BCUT2D eigenvalue weighted by atomic mass is 9.51. The smallest absolute Gasteiger partial charge is 0.248 e. The number of aromatic amines is 1. The molecule has 0 unspecified atom stereocenters. The lowest BCUT2D eigenvalue weighted by Gasteiger charge is -2.54. The molecule has 4 aliphatic rings. The first-order valence-electron chi connectivity index (χ1n) is 16.5. The van der Waals surface area contributed by atoms with Gasteiger partial charge in [0, 0.05) is 18.0 Å². The molecule has 6 nitrogen and oxygen atoms in total. The summed E-state index contributed by atoms with van der Waals surface area (Å²) in [7, 11) is 0. The molecule has 230 valence electrons. The summed E-state index contributed by atoms with van der Waals surface area (Å²) < 4.78 is 12.2. The van der Waals surface area contributed by atoms with Crippen LogP contribution in [0, 0.1) is 29.6 Å². The van der Waals surface area contributed by atoms with E-state index in [1.54, 1.807) is 6.07 Å². The number of aliphatic hydroxyl groups is 1. The normalized spacial score (nSPS) is 24.4. The number of pyridine rings is 1. The first-order chi connectivity index (χ1) is 21.6. The van der Waals surface area contributed by atoms with Crippen LogP contribution in [-0.2, 0) is 13.0 Å². The fraction of sp³-hybridized carbons (Fsp3) is 0.447. The van der Waals surface area contributed by atoms with E-state index in [1.165, 1.54) is 50.2 Å². The zero-order chi connectivity index (χ0) is 29.9. The molecule has 3 aromatic carbocycles. The Morgan fingerprint density at radius 3 is 2.32 bits per heavy atom. The fourth-order valence-electron chi connectivity index (χ4n) is 8.55. The molecule has 44 heavy (non-hydrogen) atoms. The number of hydrogen-bond donors (Lipinski definition) is 3. The van der Waals surface area contributed by atoms with Gasteiger partial charge in [-0.1, -0.05) is 48.5 Å². The van der Waals surface area contributed by atoms with E-state index in [-0.39, 0.29) is 5.56 Å². The molecule has 0 spiro atoms. The van der Waals surface area contributed by atoms with Crippen LogP contribution in [0.15, 0.2) is 83.7 Å². The summed E-state index contributed by atoms with van der Waals surface area (Å²) >= 11 is 0. The van der Waals surface area contributed by atoms with Crippen molar-refractivity contribution in [2.45, 2.75) is 57.7 Å². The summed E-state index contributed by atoms with van der Waals surface area (Å²) in [5.74, 6) is 6.42. The maximum atomic E-state index is 12.1. The Morgan fingerprint density at radius 1 is 0.818 bits per heavy atom. The van der Waals surface area contributed by atoms with Gasteiger partial charge in [0.15, 0.2) is 0 Å². The van der Waals surface area contributed by atoms with Crippen molar-refractivity contribution < 1.29 is 14.6 Å². The van der Waals surface area contributed by atoms with Crippen molar-refractivity contribution in [1.82, 2.24) is 10.3 Å². The summed E-state index contributed by atoms with van der Waals surface area (Å²) in [6.45, 7) is 2.38. The Hall–Kier alpha value is -3.61. The van der Waals surface area contributed by atoms with Gasteiger partial charge < -0.3 is 24.9 Å². The summed E-state index contributed by atoms with van der Waals surface area (Å²) in [6, 6.07) is 25.3. The molecule has 1 aromatic heterocycles. The van der Waals surface area contributed by atoms with Crippen molar-refractivity contribution in [1.29, 1.82) is 0 Å². The van der Waals surface area contributed by atoms with Gasteiger partial charge in [0.05, 0.1) is 18.2 Å². The van der Waals surface area contributed by atoms with Crippen LogP contribution < -0.4 is 20.3 Å². The van der Waals surface area contributed by atoms with Crippen LogP contribution in [0.3, 0.4) is 0 Å². The van der Waals surface area contributed by atoms with Gasteiger partial charge in [-0.05, 0) is 122 Å². The van der Waals surface area contributed by atoms with Gasteiger partial charge in [-0.15, -0.1) is 0 Å². The highest BCUT2D eigenvalue weighted by atomic mass is 16.5. The van der Waals surface area contributed by atoms with Crippen molar-refractivity contribution in [3.8, 4) is 11.5 Å². The second-order valence-corrected chi connectivity index (χ2v) is 13.4. The summed E-state index contributed by atoms with van der Waals surface area (Å²) in [4.78, 5) is 15.0. The number of fused-ring (bicyclic) bond motifs is 1. The van der Waals surface area contributed by atoms with Crippen LogP contribution in [-0.4, -0.2) is 29.8 Å². The second-order valence-electron chi connectivity index (χ2n) is 13.4. The van der Waals surface area contributed by atoms with Crippen LogP contribution in [0.5, 0.6) is 11.5 Å². The lowest BCUT2D eigenvalue weighted by Crippen LogP contribution is -2.45. The molecular formula is C38H44N2O4. The molecule has 4 aromatic rings. The predicted octanol–water partition coefficient (Wildman–Crippen LogP) is 6.81. The molecule has 1 atom stereocenters. The Balaban J connectivity index is 0.876. The van der Waals surface area contributed by atoms with Gasteiger partial charge >= 0.3 is 0 Å². The van der Waals surface area contributed by atoms with E-state index < -0.39 is 6.10 Å². The molecule has 0 radical (unpaired) electrons. The van der Waals surface area contributed by atoms with Crippen molar-refractivity contribution in [3.63, 3.8) is 0 Å². The zero-order valence-corrected chi connectivity index (χ0v) is 25.4. The first-order valence-corrected chi connectivity index (χ1v) is 16.5. The summed E-state index contributed by atoms with van der Waals surface area (Å²) in [5, 5.41) is 15.2. The van der Waals surface area contributed by atoms with E-state index in [0.29, 0.717) is 24.4 Å². The van der Waals surface area contributed by atoms with Gasteiger partial charge in [0.1, 0.15) is 18.1 Å². The monoisotopic (exact) mass is 592 g/mol. The van der Waals surface area contributed by atoms with Crippen molar-refractivity contribution >= 4 is 10.9 Å². The average Bonchev–Trinajstić information content (AvgIpc) is 3.04. The third kappa shape index (κ3) is 6.57. The van der Waals surface area contributed by atoms with E-state index >= 15 is 0 Å². The average molecular weight is 593 g/mol. The van der Waals surface area contributed by atoms with Gasteiger partial charge in [-0.2, -0.15) is 0 Å². The van der Waals surface area contributed by atoms with E-state index in [9.17, 15) is 9.90 Å². The quantitative estimate of drug-likeness (QED) is 0.149. The Bertz CT molecular complexity index is 1570. The highest BCUT2D eigenvalue weighted by Crippen LogP contribution is 2.57. The summed E-state index contributed by atoms with van der Waals surface area (Å²) in [6.07, 6.45) is 8.77. The molecule has 3 N–H and O–H groups in total. The number of benzene rings is 3. The van der Waals surface area contributed by atoms with E-state index in [0.717, 1.165) is 71.4 Å². The molecular weight excluding hydrogens is 548 g/mol. The van der Waals surface area contributed by atoms with E-state index in [4.69, 9.17) is 9.47 Å². The zero-order valence-electron chi connectivity index (χ0n) is 25.4. The van der Waals surface area contributed by atoms with Crippen molar-refractivity contribution in [2.24, 2.45) is 29.6 Å². The van der Waals surface area contributed by atoms with E-state index in [1.807, 2.05) is 42.5 Å². The third-order valence-corrected chi connectivity index (χ3v) is 10.5. The molecule has 4 aliphatic carbocycles. The maximum Gasteiger partial charge on any atom is 0.248 e. The number of H-pyrrole nitrogens is 1. The SMILES string of the molecule is O=c1ccc2c([C@@H](O)CNCCc3ccc(OCCC4C5CC6CC(C5)CC4C6)cc3)ccc(OCc3ccccc3)c2[nH]1. The molecule has 0 saturated heterocycles. The number of rotatable bonds is 13. The number of ether oxygens (including phenoxy) is 2. The molecule has 8 rings (SSSR count). The lowest BCUT2D eigenvalue weighted by molar-refractivity contribution is -0.0435. The molecule has 0 amide bonds. The van der Waals surface area contributed by atoms with Gasteiger partial charge in [-0.25, -0.2) is 0 Å². The Labute approximate surface area is 259 Å². The number of nitrogens with one attached hydrogen (secondary N) is 2. The third-order valence-electron chi connectivity index (χ3n) is 10.5. The molecule has 4 bridgehead atoms. The number of hydrogen-bond acceptors (Lipinski definition) is 5. The number of aliphatic hydroxyl groups excluding tert-OH is 1. The second kappa shape index (κ2) is 13.2. The topological polar surface area (TPSA) is 83.6 Å². The minimum absolute atomic E-state index is 0.203. The van der Waals surface area contributed by atoms with E-state index in [2.05, 4.69) is 34.6 Å².